The zero-order chi connectivity index (χ0) is 10.4. The van der Waals surface area contributed by atoms with Crippen LogP contribution in [0.25, 0.3) is 0 Å². The van der Waals surface area contributed by atoms with Gasteiger partial charge in [0.15, 0.2) is 0 Å². The van der Waals surface area contributed by atoms with Crippen LogP contribution in [0.1, 0.15) is 39.5 Å². The van der Waals surface area contributed by atoms with Gasteiger partial charge < -0.3 is 4.90 Å². The molecule has 0 aliphatic carbocycles. The molecule has 0 bridgehead atoms. The maximum Gasteiger partial charge on any atom is 0.0672 e. The molecule has 0 spiro atoms. The van der Waals surface area contributed by atoms with Crippen LogP contribution < -0.4 is 0 Å². The predicted molar refractivity (Wildman–Crippen MR) is 58.8 cm³/mol. The third-order valence-electron chi connectivity index (χ3n) is 3.12. The summed E-state index contributed by atoms with van der Waals surface area (Å²) in [5.41, 5.74) is 0. The van der Waals surface area contributed by atoms with Gasteiger partial charge in [-0.2, -0.15) is 5.26 Å². The smallest absolute Gasteiger partial charge is 0.0672 e. The second-order valence-corrected chi connectivity index (χ2v) is 4.69. The number of nitriles is 1. The highest BCUT2D eigenvalue weighted by molar-refractivity contribution is 4.87. The first-order valence-corrected chi connectivity index (χ1v) is 5.86. The largest absolute Gasteiger partial charge is 0.302 e. The molecular formula is C12H22N2. The van der Waals surface area contributed by atoms with E-state index in [0.29, 0.717) is 5.92 Å². The molecule has 80 valence electrons. The Kier molecular flexibility index (Phi) is 4.97. The van der Waals surface area contributed by atoms with E-state index in [0.717, 1.165) is 6.54 Å². The molecule has 2 heteroatoms. The van der Waals surface area contributed by atoms with Crippen molar-refractivity contribution in [3.63, 3.8) is 0 Å². The lowest BCUT2D eigenvalue weighted by Crippen LogP contribution is -2.31. The van der Waals surface area contributed by atoms with Crippen LogP contribution in [0.2, 0.25) is 0 Å². The summed E-state index contributed by atoms with van der Waals surface area (Å²) in [7, 11) is 0. The standard InChI is InChI=1S/C12H22N2/c1-11(2)12(9-13)10-14-7-5-3-4-6-8-14/h11-12H,3-8,10H2,1-2H3. The Bertz CT molecular complexity index is 185. The van der Waals surface area contributed by atoms with Gasteiger partial charge in [0.1, 0.15) is 0 Å². The van der Waals surface area contributed by atoms with Gasteiger partial charge in [0.25, 0.3) is 0 Å². The van der Waals surface area contributed by atoms with Gasteiger partial charge in [-0.3, -0.25) is 0 Å². The van der Waals surface area contributed by atoms with E-state index in [9.17, 15) is 0 Å². The van der Waals surface area contributed by atoms with Gasteiger partial charge in [-0.05, 0) is 31.8 Å². The van der Waals surface area contributed by atoms with Gasteiger partial charge in [-0.15, -0.1) is 0 Å². The van der Waals surface area contributed by atoms with Crippen LogP contribution in [0, 0.1) is 23.2 Å². The minimum atomic E-state index is 0.216. The molecule has 0 aromatic carbocycles. The van der Waals surface area contributed by atoms with Gasteiger partial charge in [0.2, 0.25) is 0 Å². The second kappa shape index (κ2) is 6.03. The summed E-state index contributed by atoms with van der Waals surface area (Å²) in [6.45, 7) is 7.67. The van der Waals surface area contributed by atoms with E-state index < -0.39 is 0 Å². The van der Waals surface area contributed by atoms with Crippen molar-refractivity contribution in [3.05, 3.63) is 0 Å². The molecule has 1 atom stereocenters. The Balaban J connectivity index is 2.37. The quantitative estimate of drug-likeness (QED) is 0.690. The number of hydrogen-bond acceptors (Lipinski definition) is 2. The third-order valence-corrected chi connectivity index (χ3v) is 3.12. The minimum absolute atomic E-state index is 0.216. The van der Waals surface area contributed by atoms with Crippen LogP contribution in [-0.2, 0) is 0 Å². The Morgan fingerprint density at radius 3 is 2.14 bits per heavy atom. The lowest BCUT2D eigenvalue weighted by molar-refractivity contribution is 0.236. The fourth-order valence-corrected chi connectivity index (χ4v) is 2.00. The van der Waals surface area contributed by atoms with Crippen LogP contribution in [0.5, 0.6) is 0 Å². The van der Waals surface area contributed by atoms with Crippen LogP contribution >= 0.6 is 0 Å². The summed E-state index contributed by atoms with van der Waals surface area (Å²) in [5.74, 6) is 0.705. The van der Waals surface area contributed by atoms with E-state index in [-0.39, 0.29) is 5.92 Å². The van der Waals surface area contributed by atoms with Crippen LogP contribution in [0.4, 0.5) is 0 Å². The number of likely N-dealkylation sites (tertiary alicyclic amines) is 1. The zero-order valence-electron chi connectivity index (χ0n) is 9.50. The van der Waals surface area contributed by atoms with Crippen molar-refractivity contribution in [2.45, 2.75) is 39.5 Å². The van der Waals surface area contributed by atoms with Crippen molar-refractivity contribution < 1.29 is 0 Å². The SMILES string of the molecule is CC(C)C(C#N)CN1CCCCCC1. The highest BCUT2D eigenvalue weighted by atomic mass is 15.1. The van der Waals surface area contributed by atoms with Crippen molar-refractivity contribution in [3.8, 4) is 6.07 Å². The first-order chi connectivity index (χ1) is 6.74. The Morgan fingerprint density at radius 1 is 1.14 bits per heavy atom. The lowest BCUT2D eigenvalue weighted by Gasteiger charge is -2.24. The van der Waals surface area contributed by atoms with Gasteiger partial charge in [0, 0.05) is 6.54 Å². The fourth-order valence-electron chi connectivity index (χ4n) is 2.00. The van der Waals surface area contributed by atoms with Gasteiger partial charge >= 0.3 is 0 Å². The summed E-state index contributed by atoms with van der Waals surface area (Å²) in [5, 5.41) is 9.02. The molecule has 0 saturated carbocycles. The van der Waals surface area contributed by atoms with E-state index in [1.807, 2.05) is 0 Å². The fraction of sp³-hybridized carbons (Fsp3) is 0.917. The highest BCUT2D eigenvalue weighted by Gasteiger charge is 2.17. The molecule has 0 aromatic heterocycles. The molecule has 0 radical (unpaired) electrons. The Morgan fingerprint density at radius 2 is 1.71 bits per heavy atom. The molecule has 14 heavy (non-hydrogen) atoms. The number of nitrogens with zero attached hydrogens (tertiary/aromatic N) is 2. The predicted octanol–water partition coefficient (Wildman–Crippen LogP) is 2.66. The average molecular weight is 194 g/mol. The molecule has 0 amide bonds. The Hall–Kier alpha value is -0.550. The van der Waals surface area contributed by atoms with Crippen LogP contribution in [0.15, 0.2) is 0 Å². The summed E-state index contributed by atoms with van der Waals surface area (Å²) in [6, 6.07) is 2.43. The van der Waals surface area contributed by atoms with E-state index in [4.69, 9.17) is 5.26 Å². The highest BCUT2D eigenvalue weighted by Crippen LogP contribution is 2.15. The third kappa shape index (κ3) is 3.67. The molecule has 1 rings (SSSR count). The molecule has 0 aromatic rings. The molecule has 0 N–H and O–H groups in total. The maximum atomic E-state index is 9.02. The van der Waals surface area contributed by atoms with Crippen LogP contribution in [-0.4, -0.2) is 24.5 Å². The van der Waals surface area contributed by atoms with E-state index >= 15 is 0 Å². The number of rotatable bonds is 3. The summed E-state index contributed by atoms with van der Waals surface area (Å²) >= 11 is 0. The monoisotopic (exact) mass is 194 g/mol. The molecule has 2 nitrogen and oxygen atoms in total. The minimum Gasteiger partial charge on any atom is -0.302 e. The van der Waals surface area contributed by atoms with E-state index in [2.05, 4.69) is 24.8 Å². The van der Waals surface area contributed by atoms with E-state index in [1.54, 1.807) is 0 Å². The molecule has 1 aliphatic rings. The topological polar surface area (TPSA) is 27.0 Å². The maximum absolute atomic E-state index is 9.02. The first kappa shape index (κ1) is 11.5. The Labute approximate surface area is 87.9 Å². The summed E-state index contributed by atoms with van der Waals surface area (Å²) in [4.78, 5) is 2.47. The summed E-state index contributed by atoms with van der Waals surface area (Å²) < 4.78 is 0. The van der Waals surface area contributed by atoms with Crippen molar-refractivity contribution in [1.82, 2.24) is 4.90 Å². The zero-order valence-corrected chi connectivity index (χ0v) is 9.50. The molecule has 1 unspecified atom stereocenters. The molecule has 1 saturated heterocycles. The van der Waals surface area contributed by atoms with Gasteiger partial charge in [-0.25, -0.2) is 0 Å². The summed E-state index contributed by atoms with van der Waals surface area (Å²) in [6.07, 6.45) is 5.37. The molecular weight excluding hydrogens is 172 g/mol. The normalized spacial score (nSPS) is 21.6. The first-order valence-electron chi connectivity index (χ1n) is 5.86. The molecule has 1 aliphatic heterocycles. The second-order valence-electron chi connectivity index (χ2n) is 4.69. The average Bonchev–Trinajstić information content (AvgIpc) is 2.41. The van der Waals surface area contributed by atoms with Crippen molar-refractivity contribution in [2.75, 3.05) is 19.6 Å². The van der Waals surface area contributed by atoms with Gasteiger partial charge in [-0.1, -0.05) is 26.7 Å². The molecule has 1 heterocycles. The van der Waals surface area contributed by atoms with Crippen molar-refractivity contribution in [1.29, 1.82) is 5.26 Å². The van der Waals surface area contributed by atoms with Crippen molar-refractivity contribution in [2.24, 2.45) is 11.8 Å². The van der Waals surface area contributed by atoms with E-state index in [1.165, 1.54) is 38.8 Å². The van der Waals surface area contributed by atoms with Crippen LogP contribution in [0.3, 0.4) is 0 Å². The van der Waals surface area contributed by atoms with Gasteiger partial charge in [0.05, 0.1) is 12.0 Å². The van der Waals surface area contributed by atoms with Crippen molar-refractivity contribution >= 4 is 0 Å². The lowest BCUT2D eigenvalue weighted by atomic mass is 9.97. The number of hydrogen-bond donors (Lipinski definition) is 0. The molecule has 1 fully saturated rings.